The van der Waals surface area contributed by atoms with E-state index in [4.69, 9.17) is 14.5 Å². The standard InChI is InChI=1S/C15H27N3O2S/c1-4-5-13-14(10-16-6-8-19-3)21-15(17-13)18-7-9-20-11-12(18)2/h12,16H,4-11H2,1-3H3. The number of morpholine rings is 1. The molecular weight excluding hydrogens is 286 g/mol. The van der Waals surface area contributed by atoms with Crippen LogP contribution >= 0.6 is 11.3 Å². The van der Waals surface area contributed by atoms with E-state index >= 15 is 0 Å². The second-order valence-corrected chi connectivity index (χ2v) is 6.47. The van der Waals surface area contributed by atoms with Gasteiger partial charge >= 0.3 is 0 Å². The zero-order valence-electron chi connectivity index (χ0n) is 13.4. The molecule has 1 N–H and O–H groups in total. The molecule has 1 aromatic rings. The minimum absolute atomic E-state index is 0.411. The minimum atomic E-state index is 0.411. The Morgan fingerprint density at radius 1 is 1.52 bits per heavy atom. The van der Waals surface area contributed by atoms with Gasteiger partial charge < -0.3 is 19.7 Å². The third-order valence-electron chi connectivity index (χ3n) is 3.64. The number of nitrogens with zero attached hydrogens (tertiary/aromatic N) is 2. The number of nitrogens with one attached hydrogen (secondary N) is 1. The Balaban J connectivity index is 2.04. The van der Waals surface area contributed by atoms with Gasteiger partial charge in [-0.25, -0.2) is 4.98 Å². The lowest BCUT2D eigenvalue weighted by Crippen LogP contribution is -2.43. The molecule has 1 aromatic heterocycles. The summed E-state index contributed by atoms with van der Waals surface area (Å²) in [7, 11) is 1.73. The van der Waals surface area contributed by atoms with Crippen molar-refractivity contribution in [1.82, 2.24) is 10.3 Å². The van der Waals surface area contributed by atoms with Crippen molar-refractivity contribution in [3.63, 3.8) is 0 Å². The van der Waals surface area contributed by atoms with E-state index in [9.17, 15) is 0 Å². The monoisotopic (exact) mass is 313 g/mol. The van der Waals surface area contributed by atoms with Gasteiger partial charge in [0, 0.05) is 31.6 Å². The molecule has 120 valence electrons. The van der Waals surface area contributed by atoms with Gasteiger partial charge in [-0.2, -0.15) is 0 Å². The van der Waals surface area contributed by atoms with Crippen molar-refractivity contribution >= 4 is 16.5 Å². The van der Waals surface area contributed by atoms with Crippen LogP contribution in [0, 0.1) is 0 Å². The normalized spacial score (nSPS) is 19.2. The van der Waals surface area contributed by atoms with Crippen LogP contribution < -0.4 is 10.2 Å². The van der Waals surface area contributed by atoms with Crippen LogP contribution in [0.25, 0.3) is 0 Å². The molecule has 1 unspecified atom stereocenters. The summed E-state index contributed by atoms with van der Waals surface area (Å²) in [5.41, 5.74) is 1.25. The molecule has 1 atom stereocenters. The summed E-state index contributed by atoms with van der Waals surface area (Å²) in [6, 6.07) is 0.411. The quantitative estimate of drug-likeness (QED) is 0.744. The van der Waals surface area contributed by atoms with E-state index in [1.807, 2.05) is 11.3 Å². The van der Waals surface area contributed by atoms with Crippen molar-refractivity contribution < 1.29 is 9.47 Å². The summed E-state index contributed by atoms with van der Waals surface area (Å²) in [5, 5.41) is 4.58. The Morgan fingerprint density at radius 2 is 2.38 bits per heavy atom. The maximum absolute atomic E-state index is 5.52. The molecule has 1 saturated heterocycles. The minimum Gasteiger partial charge on any atom is -0.383 e. The van der Waals surface area contributed by atoms with Gasteiger partial charge in [-0.05, 0) is 13.3 Å². The van der Waals surface area contributed by atoms with Crippen molar-refractivity contribution in [3.8, 4) is 0 Å². The van der Waals surface area contributed by atoms with Gasteiger partial charge in [-0.3, -0.25) is 0 Å². The summed E-state index contributed by atoms with van der Waals surface area (Å²) in [5.74, 6) is 0. The Hall–Kier alpha value is -0.690. The van der Waals surface area contributed by atoms with Gasteiger partial charge in [0.2, 0.25) is 0 Å². The number of aryl methyl sites for hydroxylation is 1. The van der Waals surface area contributed by atoms with Crippen LogP contribution in [0.5, 0.6) is 0 Å². The van der Waals surface area contributed by atoms with E-state index in [0.29, 0.717) is 6.04 Å². The van der Waals surface area contributed by atoms with Crippen LogP contribution in [0.3, 0.4) is 0 Å². The molecule has 1 aliphatic heterocycles. The summed E-state index contributed by atoms with van der Waals surface area (Å²) < 4.78 is 10.6. The molecule has 0 bridgehead atoms. The molecule has 1 aliphatic rings. The average molecular weight is 313 g/mol. The van der Waals surface area contributed by atoms with Gasteiger partial charge in [-0.1, -0.05) is 13.3 Å². The Labute approximate surface area is 131 Å². The first-order valence-corrected chi connectivity index (χ1v) is 8.60. The maximum Gasteiger partial charge on any atom is 0.186 e. The highest BCUT2D eigenvalue weighted by Gasteiger charge is 2.23. The molecule has 1 fully saturated rings. The molecule has 0 saturated carbocycles. The molecule has 0 spiro atoms. The molecule has 0 aliphatic carbocycles. The lowest BCUT2D eigenvalue weighted by molar-refractivity contribution is 0.0989. The Kier molecular flexibility index (Phi) is 6.89. The van der Waals surface area contributed by atoms with Crippen LogP contribution in [0.4, 0.5) is 5.13 Å². The first-order valence-electron chi connectivity index (χ1n) is 7.78. The van der Waals surface area contributed by atoms with E-state index in [0.717, 1.165) is 57.4 Å². The van der Waals surface area contributed by atoms with Crippen molar-refractivity contribution in [2.45, 2.75) is 39.3 Å². The zero-order chi connectivity index (χ0) is 15.1. The summed E-state index contributed by atoms with van der Waals surface area (Å²) >= 11 is 1.82. The van der Waals surface area contributed by atoms with Gasteiger partial charge in [0.05, 0.1) is 31.6 Å². The number of hydrogen-bond donors (Lipinski definition) is 1. The van der Waals surface area contributed by atoms with Crippen molar-refractivity contribution in [2.24, 2.45) is 0 Å². The van der Waals surface area contributed by atoms with Crippen LogP contribution in [0.2, 0.25) is 0 Å². The predicted molar refractivity (Wildman–Crippen MR) is 87.3 cm³/mol. The zero-order valence-corrected chi connectivity index (χ0v) is 14.2. The van der Waals surface area contributed by atoms with Gasteiger partial charge in [0.25, 0.3) is 0 Å². The first-order chi connectivity index (χ1) is 10.3. The largest absolute Gasteiger partial charge is 0.383 e. The van der Waals surface area contributed by atoms with Crippen molar-refractivity contribution in [1.29, 1.82) is 0 Å². The smallest absolute Gasteiger partial charge is 0.186 e. The van der Waals surface area contributed by atoms with Crippen LogP contribution in [0.1, 0.15) is 30.8 Å². The van der Waals surface area contributed by atoms with E-state index in [1.165, 1.54) is 10.6 Å². The Bertz CT molecular complexity index is 425. The topological polar surface area (TPSA) is 46.6 Å². The van der Waals surface area contributed by atoms with E-state index in [2.05, 4.69) is 24.1 Å². The highest BCUT2D eigenvalue weighted by molar-refractivity contribution is 7.15. The van der Waals surface area contributed by atoms with Crippen LogP contribution in [-0.2, 0) is 22.4 Å². The number of anilines is 1. The average Bonchev–Trinajstić information content (AvgIpc) is 2.87. The second kappa shape index (κ2) is 8.68. The maximum atomic E-state index is 5.52. The van der Waals surface area contributed by atoms with Gasteiger partial charge in [0.1, 0.15) is 0 Å². The number of hydrogen-bond acceptors (Lipinski definition) is 6. The van der Waals surface area contributed by atoms with E-state index in [-0.39, 0.29) is 0 Å². The highest BCUT2D eigenvalue weighted by atomic mass is 32.1. The number of ether oxygens (including phenoxy) is 2. The summed E-state index contributed by atoms with van der Waals surface area (Å²) in [6.07, 6.45) is 2.18. The molecule has 21 heavy (non-hydrogen) atoms. The summed E-state index contributed by atoms with van der Waals surface area (Å²) in [4.78, 5) is 8.63. The lowest BCUT2D eigenvalue weighted by atomic mass is 10.2. The van der Waals surface area contributed by atoms with Crippen LogP contribution in [-0.4, -0.2) is 51.0 Å². The fourth-order valence-corrected chi connectivity index (χ4v) is 3.65. The number of methoxy groups -OCH3 is 1. The summed E-state index contributed by atoms with van der Waals surface area (Å²) in [6.45, 7) is 9.46. The lowest BCUT2D eigenvalue weighted by Gasteiger charge is -2.32. The molecular formula is C15H27N3O2S. The first kappa shape index (κ1) is 16.7. The molecule has 2 heterocycles. The molecule has 0 amide bonds. The SMILES string of the molecule is CCCc1nc(N2CCOCC2C)sc1CNCCOC. The third kappa shape index (κ3) is 4.64. The highest BCUT2D eigenvalue weighted by Crippen LogP contribution is 2.29. The van der Waals surface area contributed by atoms with Crippen molar-refractivity contribution in [3.05, 3.63) is 10.6 Å². The van der Waals surface area contributed by atoms with E-state index in [1.54, 1.807) is 7.11 Å². The molecule has 0 aromatic carbocycles. The molecule has 2 rings (SSSR count). The van der Waals surface area contributed by atoms with Gasteiger partial charge in [-0.15, -0.1) is 11.3 Å². The second-order valence-electron chi connectivity index (χ2n) is 5.40. The van der Waals surface area contributed by atoms with Crippen LogP contribution in [0.15, 0.2) is 0 Å². The fraction of sp³-hybridized carbons (Fsp3) is 0.800. The van der Waals surface area contributed by atoms with Gasteiger partial charge in [0.15, 0.2) is 5.13 Å². The Morgan fingerprint density at radius 3 is 3.10 bits per heavy atom. The molecule has 5 nitrogen and oxygen atoms in total. The third-order valence-corrected chi connectivity index (χ3v) is 4.77. The number of aromatic nitrogens is 1. The fourth-order valence-electron chi connectivity index (χ4n) is 2.45. The molecule has 6 heteroatoms. The molecule has 0 radical (unpaired) electrons. The number of thiazole rings is 1. The predicted octanol–water partition coefficient (Wildman–Crippen LogP) is 2.06. The van der Waals surface area contributed by atoms with E-state index < -0.39 is 0 Å². The van der Waals surface area contributed by atoms with Crippen molar-refractivity contribution in [2.75, 3.05) is 44.9 Å². The number of rotatable bonds is 8.